The normalized spacial score (nSPS) is 18.5. The van der Waals surface area contributed by atoms with Crippen LogP contribution in [0.3, 0.4) is 0 Å². The minimum absolute atomic E-state index is 0.0143. The summed E-state index contributed by atoms with van der Waals surface area (Å²) in [7, 11) is 3.06. The fraction of sp³-hybridized carbons (Fsp3) is 0.310. The maximum atomic E-state index is 13.5. The molecule has 1 amide bonds. The predicted octanol–water partition coefficient (Wildman–Crippen LogP) is 8.63. The Morgan fingerprint density at radius 3 is 2.33 bits per heavy atom. The summed E-state index contributed by atoms with van der Waals surface area (Å²) in [6.07, 6.45) is 3.84. The molecule has 0 saturated carbocycles. The van der Waals surface area contributed by atoms with Crippen molar-refractivity contribution in [2.75, 3.05) is 33.9 Å². The van der Waals surface area contributed by atoms with Gasteiger partial charge in [-0.25, -0.2) is 9.59 Å². The molecule has 13 heteroatoms. The van der Waals surface area contributed by atoms with Crippen molar-refractivity contribution in [1.29, 1.82) is 0 Å². The van der Waals surface area contributed by atoms with Gasteiger partial charge in [0.2, 0.25) is 5.76 Å². The number of pyridine rings is 1. The fourth-order valence-corrected chi connectivity index (χ4v) is 7.65. The molecular formula is C42H41Cl2N3O8. The number of benzene rings is 3. The third-order valence-electron chi connectivity index (χ3n) is 10.1. The zero-order valence-corrected chi connectivity index (χ0v) is 31.9. The standard InChI is InChI=1S/C42H41Cl2N3O8/c1-50-35-13-11-28(20-38(35)51-2)37(21-32-33(43)22-45-23-34(32)44)54-41(48)36-14-12-31(53-36)25-52-30-10-6-9-29(19-30)40(27-7-4-3-5-8-27)46-42(49)55-39-24-47-17-15-26(39)16-18-47/h3-14,19-20,22-23,26,37,39-40H,15-18,21,24-25H2,1-2H3,(H,46,49)/t37?,39-,40-/m0/s1. The van der Waals surface area contributed by atoms with Crippen LogP contribution >= 0.6 is 23.2 Å². The molecule has 2 aromatic heterocycles. The van der Waals surface area contributed by atoms with Crippen LogP contribution in [0.5, 0.6) is 17.2 Å². The quantitative estimate of drug-likeness (QED) is 0.110. The highest BCUT2D eigenvalue weighted by Gasteiger charge is 2.37. The van der Waals surface area contributed by atoms with Gasteiger partial charge < -0.3 is 33.4 Å². The van der Waals surface area contributed by atoms with Gasteiger partial charge in [0.05, 0.1) is 30.3 Å². The number of carbonyl (C=O) groups excluding carboxylic acids is 2. The minimum atomic E-state index is -0.823. The summed E-state index contributed by atoms with van der Waals surface area (Å²) in [6, 6.07) is 25.2. The van der Waals surface area contributed by atoms with Crippen LogP contribution in [0.25, 0.3) is 0 Å². The van der Waals surface area contributed by atoms with Crippen LogP contribution in [0.1, 0.15) is 63.6 Å². The molecule has 3 fully saturated rings. The second-order valence-corrected chi connectivity index (χ2v) is 14.3. The van der Waals surface area contributed by atoms with Crippen molar-refractivity contribution in [3.63, 3.8) is 0 Å². The number of fused-ring (bicyclic) bond motifs is 3. The zero-order valence-electron chi connectivity index (χ0n) is 30.4. The van der Waals surface area contributed by atoms with Crippen molar-refractivity contribution in [2.45, 2.75) is 44.1 Å². The van der Waals surface area contributed by atoms with Crippen LogP contribution in [-0.2, 0) is 22.5 Å². The number of hydrogen-bond acceptors (Lipinski definition) is 10. The van der Waals surface area contributed by atoms with Crippen molar-refractivity contribution in [2.24, 2.45) is 5.92 Å². The molecule has 8 rings (SSSR count). The first-order chi connectivity index (χ1) is 26.8. The number of nitrogens with zero attached hydrogens (tertiary/aromatic N) is 2. The van der Waals surface area contributed by atoms with Gasteiger partial charge >= 0.3 is 12.1 Å². The maximum Gasteiger partial charge on any atom is 0.408 e. The van der Waals surface area contributed by atoms with Crippen LogP contribution in [0.4, 0.5) is 4.79 Å². The number of ether oxygens (including phenoxy) is 5. The molecule has 286 valence electrons. The van der Waals surface area contributed by atoms with E-state index in [0.29, 0.717) is 50.1 Å². The molecular weight excluding hydrogens is 745 g/mol. The number of carbonyl (C=O) groups is 2. The topological polar surface area (TPSA) is 122 Å². The highest BCUT2D eigenvalue weighted by molar-refractivity contribution is 6.35. The molecule has 3 aliphatic heterocycles. The smallest absolute Gasteiger partial charge is 0.408 e. The van der Waals surface area contributed by atoms with Gasteiger partial charge in [0.25, 0.3) is 0 Å². The number of alkyl carbamates (subject to hydrolysis) is 1. The number of rotatable bonds is 14. The minimum Gasteiger partial charge on any atom is -0.493 e. The van der Waals surface area contributed by atoms with Gasteiger partial charge in [-0.05, 0) is 90.5 Å². The molecule has 5 heterocycles. The van der Waals surface area contributed by atoms with E-state index in [2.05, 4.69) is 15.2 Å². The van der Waals surface area contributed by atoms with E-state index in [9.17, 15) is 9.59 Å². The van der Waals surface area contributed by atoms with Crippen molar-refractivity contribution < 1.29 is 37.7 Å². The molecule has 2 bridgehead atoms. The molecule has 3 aromatic carbocycles. The largest absolute Gasteiger partial charge is 0.493 e. The third-order valence-corrected chi connectivity index (χ3v) is 10.7. The van der Waals surface area contributed by atoms with Gasteiger partial charge in [-0.1, -0.05) is 71.7 Å². The van der Waals surface area contributed by atoms with Gasteiger partial charge in [-0.3, -0.25) is 9.88 Å². The number of halogens is 2. The van der Waals surface area contributed by atoms with Gasteiger partial charge in [-0.2, -0.15) is 0 Å². The summed E-state index contributed by atoms with van der Waals surface area (Å²) in [6.45, 7) is 2.93. The average molecular weight is 787 g/mol. The van der Waals surface area contributed by atoms with Crippen LogP contribution < -0.4 is 19.5 Å². The molecule has 1 N–H and O–H groups in total. The third kappa shape index (κ3) is 9.19. The number of aromatic nitrogens is 1. The second-order valence-electron chi connectivity index (χ2n) is 13.5. The highest BCUT2D eigenvalue weighted by atomic mass is 35.5. The number of esters is 1. The Hall–Kier alpha value is -5.23. The Morgan fingerprint density at radius 1 is 0.873 bits per heavy atom. The molecule has 11 nitrogen and oxygen atoms in total. The molecule has 0 spiro atoms. The summed E-state index contributed by atoms with van der Waals surface area (Å²) in [5.74, 6) is 1.62. The van der Waals surface area contributed by atoms with E-state index in [0.717, 1.165) is 43.6 Å². The summed E-state index contributed by atoms with van der Waals surface area (Å²) < 4.78 is 34.9. The fourth-order valence-electron chi connectivity index (χ4n) is 7.13. The van der Waals surface area contributed by atoms with Gasteiger partial charge in [0, 0.05) is 25.4 Å². The molecule has 5 aromatic rings. The lowest BCUT2D eigenvalue weighted by molar-refractivity contribution is -0.0336. The average Bonchev–Trinajstić information content (AvgIpc) is 3.70. The highest BCUT2D eigenvalue weighted by Crippen LogP contribution is 2.36. The van der Waals surface area contributed by atoms with Crippen LogP contribution in [0, 0.1) is 5.92 Å². The first kappa shape index (κ1) is 38.1. The Labute approximate surface area is 329 Å². The van der Waals surface area contributed by atoms with Crippen LogP contribution in [0.15, 0.2) is 102 Å². The molecule has 55 heavy (non-hydrogen) atoms. The molecule has 1 unspecified atom stereocenters. The number of amides is 1. The summed E-state index contributed by atoms with van der Waals surface area (Å²) in [5, 5.41) is 3.78. The Morgan fingerprint density at radius 2 is 1.62 bits per heavy atom. The second kappa shape index (κ2) is 17.5. The molecule has 0 aliphatic carbocycles. The Balaban J connectivity index is 1.03. The van der Waals surface area contributed by atoms with Crippen LogP contribution in [0.2, 0.25) is 10.0 Å². The van der Waals surface area contributed by atoms with E-state index in [4.69, 9.17) is 51.3 Å². The molecule has 0 radical (unpaired) electrons. The predicted molar refractivity (Wildman–Crippen MR) is 206 cm³/mol. The Kier molecular flexibility index (Phi) is 12.1. The summed E-state index contributed by atoms with van der Waals surface area (Å²) in [5.41, 5.74) is 2.91. The van der Waals surface area contributed by atoms with Crippen molar-refractivity contribution in [1.82, 2.24) is 15.2 Å². The monoisotopic (exact) mass is 785 g/mol. The first-order valence-corrected chi connectivity index (χ1v) is 18.8. The van der Waals surface area contributed by atoms with Crippen molar-refractivity contribution in [3.05, 3.63) is 141 Å². The maximum absolute atomic E-state index is 13.5. The van der Waals surface area contributed by atoms with Gasteiger partial charge in [-0.15, -0.1) is 0 Å². The lowest BCUT2D eigenvalue weighted by Gasteiger charge is -2.43. The number of hydrogen-bond donors (Lipinski definition) is 1. The zero-order chi connectivity index (χ0) is 38.3. The number of furan rings is 1. The number of nitrogens with one attached hydrogen (secondary N) is 1. The van der Waals surface area contributed by atoms with Gasteiger partial charge in [0.15, 0.2) is 11.5 Å². The lowest BCUT2D eigenvalue weighted by Crippen LogP contribution is -2.52. The first-order valence-electron chi connectivity index (χ1n) is 18.0. The van der Waals surface area contributed by atoms with Crippen molar-refractivity contribution in [3.8, 4) is 17.2 Å². The lowest BCUT2D eigenvalue weighted by atomic mass is 9.86. The molecule has 3 saturated heterocycles. The number of piperidine rings is 3. The summed E-state index contributed by atoms with van der Waals surface area (Å²) >= 11 is 12.9. The number of methoxy groups -OCH3 is 2. The Bertz CT molecular complexity index is 2080. The van der Waals surface area contributed by atoms with E-state index >= 15 is 0 Å². The van der Waals surface area contributed by atoms with E-state index in [1.54, 1.807) is 24.3 Å². The van der Waals surface area contributed by atoms with E-state index in [-0.39, 0.29) is 24.9 Å². The van der Waals surface area contributed by atoms with E-state index in [1.807, 2.05) is 54.6 Å². The van der Waals surface area contributed by atoms with Crippen LogP contribution in [-0.4, -0.2) is 61.9 Å². The SMILES string of the molecule is COc1ccc(C(Cc2c(Cl)cncc2Cl)OC(=O)c2ccc(COc3cccc([C@@H](NC(=O)O[C@H]4CN5CCC4CC5)c4ccccc4)c3)o2)cc1OC. The molecule has 3 aliphatic rings. The van der Waals surface area contributed by atoms with E-state index in [1.165, 1.54) is 32.7 Å². The van der Waals surface area contributed by atoms with Crippen molar-refractivity contribution >= 4 is 35.3 Å². The summed E-state index contributed by atoms with van der Waals surface area (Å²) in [4.78, 5) is 33.2. The molecule has 3 atom stereocenters. The van der Waals surface area contributed by atoms with Gasteiger partial charge in [0.1, 0.15) is 30.3 Å². The van der Waals surface area contributed by atoms with E-state index < -0.39 is 24.2 Å².